The van der Waals surface area contributed by atoms with Crippen molar-refractivity contribution in [3.8, 4) is 17.3 Å². The number of rotatable bonds is 5. The number of nitrogens with one attached hydrogen (secondary N) is 1. The Hall–Kier alpha value is -3.97. The van der Waals surface area contributed by atoms with Crippen molar-refractivity contribution in [2.75, 3.05) is 6.54 Å². The van der Waals surface area contributed by atoms with E-state index in [4.69, 9.17) is 4.98 Å². The Morgan fingerprint density at radius 1 is 0.931 bits per heavy atom. The summed E-state index contributed by atoms with van der Waals surface area (Å²) in [6, 6.07) is 31.0. The second-order valence-corrected chi connectivity index (χ2v) is 6.74. The molecule has 0 aliphatic heterocycles. The first kappa shape index (κ1) is 18.4. The summed E-state index contributed by atoms with van der Waals surface area (Å²) >= 11 is 0. The molecule has 4 nitrogen and oxygen atoms in total. The Balaban J connectivity index is 1.65. The van der Waals surface area contributed by atoms with E-state index in [1.807, 2.05) is 91.0 Å². The van der Waals surface area contributed by atoms with Gasteiger partial charge >= 0.3 is 0 Å². The van der Waals surface area contributed by atoms with Crippen molar-refractivity contribution in [1.29, 1.82) is 5.26 Å². The van der Waals surface area contributed by atoms with Crippen LogP contribution in [-0.2, 0) is 0 Å². The van der Waals surface area contributed by atoms with Crippen LogP contribution in [0.4, 0.5) is 0 Å². The summed E-state index contributed by atoms with van der Waals surface area (Å²) in [5, 5.41) is 13.2. The predicted molar refractivity (Wildman–Crippen MR) is 114 cm³/mol. The second-order valence-electron chi connectivity index (χ2n) is 6.74. The number of hydrogen-bond donors (Lipinski definition) is 1. The molecule has 0 saturated heterocycles. The Kier molecular flexibility index (Phi) is 5.31. The number of aromatic nitrogens is 1. The molecule has 0 spiro atoms. The smallest absolute Gasteiger partial charge is 0.252 e. The predicted octanol–water partition coefficient (Wildman–Crippen LogP) is 4.94. The topological polar surface area (TPSA) is 65.8 Å². The van der Waals surface area contributed by atoms with Crippen LogP contribution in [0.2, 0.25) is 0 Å². The van der Waals surface area contributed by atoms with Gasteiger partial charge in [0.25, 0.3) is 5.91 Å². The Bertz CT molecular complexity index is 1180. The van der Waals surface area contributed by atoms with Crippen molar-refractivity contribution >= 4 is 16.8 Å². The molecular formula is C25H19N3O. The quantitative estimate of drug-likeness (QED) is 0.536. The van der Waals surface area contributed by atoms with Crippen molar-refractivity contribution in [2.45, 2.75) is 5.92 Å². The van der Waals surface area contributed by atoms with Crippen LogP contribution < -0.4 is 5.32 Å². The lowest BCUT2D eigenvalue weighted by Crippen LogP contribution is -2.28. The van der Waals surface area contributed by atoms with Gasteiger partial charge in [-0.05, 0) is 17.7 Å². The molecule has 0 saturated carbocycles. The van der Waals surface area contributed by atoms with Gasteiger partial charge in [-0.3, -0.25) is 4.79 Å². The molecule has 4 aromatic rings. The lowest BCUT2D eigenvalue weighted by atomic mass is 10.00. The molecule has 3 aromatic carbocycles. The summed E-state index contributed by atoms with van der Waals surface area (Å²) in [4.78, 5) is 17.8. The summed E-state index contributed by atoms with van der Waals surface area (Å²) in [5.74, 6) is -0.612. The summed E-state index contributed by atoms with van der Waals surface area (Å²) in [5.41, 5.74) is 3.90. The number of carbonyl (C=O) groups excluding carboxylic acids is 1. The van der Waals surface area contributed by atoms with Crippen LogP contribution in [0.3, 0.4) is 0 Å². The summed E-state index contributed by atoms with van der Waals surface area (Å²) in [6.07, 6.45) is 0. The average Bonchev–Trinajstić information content (AvgIpc) is 2.80. The van der Waals surface area contributed by atoms with Gasteiger partial charge in [0.2, 0.25) is 0 Å². The molecule has 0 radical (unpaired) electrons. The van der Waals surface area contributed by atoms with Gasteiger partial charge in [-0.15, -0.1) is 0 Å². The Morgan fingerprint density at radius 3 is 2.31 bits per heavy atom. The van der Waals surface area contributed by atoms with Gasteiger partial charge in [-0.2, -0.15) is 5.26 Å². The molecule has 1 aromatic heterocycles. The Morgan fingerprint density at radius 2 is 1.59 bits per heavy atom. The van der Waals surface area contributed by atoms with Gasteiger partial charge < -0.3 is 5.32 Å². The van der Waals surface area contributed by atoms with E-state index < -0.39 is 5.92 Å². The molecule has 1 atom stereocenters. The molecule has 0 aliphatic rings. The third-order valence-electron chi connectivity index (χ3n) is 4.85. The largest absolute Gasteiger partial charge is 0.350 e. The van der Waals surface area contributed by atoms with E-state index in [2.05, 4.69) is 11.4 Å². The zero-order valence-corrected chi connectivity index (χ0v) is 15.7. The fourth-order valence-electron chi connectivity index (χ4n) is 3.33. The van der Waals surface area contributed by atoms with Crippen LogP contribution in [0.5, 0.6) is 0 Å². The molecule has 29 heavy (non-hydrogen) atoms. The maximum absolute atomic E-state index is 13.0. The van der Waals surface area contributed by atoms with Crippen molar-refractivity contribution in [2.24, 2.45) is 0 Å². The molecule has 1 unspecified atom stereocenters. The molecule has 4 rings (SSSR count). The Labute approximate surface area is 169 Å². The third-order valence-corrected chi connectivity index (χ3v) is 4.85. The number of amides is 1. The standard InChI is InChI=1S/C25H19N3O/c26-16-20(18-9-3-1-4-10-18)17-27-25(29)22-15-24(19-11-5-2-6-12-19)28-23-14-8-7-13-21(22)23/h1-15,20H,17H2,(H,27,29). The van der Waals surface area contributed by atoms with Crippen LogP contribution in [0.1, 0.15) is 21.8 Å². The van der Waals surface area contributed by atoms with Crippen LogP contribution in [0.15, 0.2) is 91.0 Å². The first-order chi connectivity index (χ1) is 14.3. The highest BCUT2D eigenvalue weighted by atomic mass is 16.1. The minimum atomic E-state index is -0.401. The number of nitrogens with zero attached hydrogens (tertiary/aromatic N) is 2. The first-order valence-corrected chi connectivity index (χ1v) is 9.44. The van der Waals surface area contributed by atoms with Gasteiger partial charge in [0, 0.05) is 17.5 Å². The third kappa shape index (κ3) is 3.99. The monoisotopic (exact) mass is 377 g/mol. The van der Waals surface area contributed by atoms with Gasteiger partial charge in [-0.1, -0.05) is 78.9 Å². The zero-order valence-electron chi connectivity index (χ0n) is 15.7. The number of pyridine rings is 1. The SMILES string of the molecule is N#CC(CNC(=O)c1cc(-c2ccccc2)nc2ccccc12)c1ccccc1. The molecule has 1 amide bonds. The van der Waals surface area contributed by atoms with Crippen LogP contribution >= 0.6 is 0 Å². The molecule has 140 valence electrons. The lowest BCUT2D eigenvalue weighted by molar-refractivity contribution is 0.0954. The van der Waals surface area contributed by atoms with Gasteiger partial charge in [0.15, 0.2) is 0 Å². The molecule has 0 bridgehead atoms. The van der Waals surface area contributed by atoms with Gasteiger partial charge in [-0.25, -0.2) is 4.98 Å². The number of benzene rings is 3. The van der Waals surface area contributed by atoms with Crippen molar-refractivity contribution in [3.05, 3.63) is 102 Å². The maximum Gasteiger partial charge on any atom is 0.252 e. The van der Waals surface area contributed by atoms with E-state index in [0.717, 1.165) is 27.7 Å². The maximum atomic E-state index is 13.0. The van der Waals surface area contributed by atoms with Crippen LogP contribution in [0, 0.1) is 11.3 Å². The van der Waals surface area contributed by atoms with Crippen molar-refractivity contribution < 1.29 is 4.79 Å². The average molecular weight is 377 g/mol. The fourth-order valence-corrected chi connectivity index (χ4v) is 3.33. The number of para-hydroxylation sites is 1. The van der Waals surface area contributed by atoms with E-state index in [-0.39, 0.29) is 12.5 Å². The summed E-state index contributed by atoms with van der Waals surface area (Å²) in [6.45, 7) is 0.247. The van der Waals surface area contributed by atoms with Gasteiger partial charge in [0.05, 0.1) is 28.8 Å². The van der Waals surface area contributed by atoms with E-state index in [9.17, 15) is 10.1 Å². The highest BCUT2D eigenvalue weighted by molar-refractivity contribution is 6.07. The highest BCUT2D eigenvalue weighted by Gasteiger charge is 2.16. The summed E-state index contributed by atoms with van der Waals surface area (Å²) < 4.78 is 0. The van der Waals surface area contributed by atoms with Crippen molar-refractivity contribution in [1.82, 2.24) is 10.3 Å². The normalized spacial score (nSPS) is 11.6. The molecule has 4 heteroatoms. The minimum absolute atomic E-state index is 0.211. The van der Waals surface area contributed by atoms with Crippen molar-refractivity contribution in [3.63, 3.8) is 0 Å². The summed E-state index contributed by atoms with van der Waals surface area (Å²) in [7, 11) is 0. The molecule has 1 heterocycles. The van der Waals surface area contributed by atoms with Crippen LogP contribution in [-0.4, -0.2) is 17.4 Å². The van der Waals surface area contributed by atoms with Gasteiger partial charge in [0.1, 0.15) is 0 Å². The van der Waals surface area contributed by atoms with Crippen LogP contribution in [0.25, 0.3) is 22.2 Å². The second kappa shape index (κ2) is 8.37. The van der Waals surface area contributed by atoms with E-state index >= 15 is 0 Å². The molecular weight excluding hydrogens is 358 g/mol. The van der Waals surface area contributed by atoms with E-state index in [1.165, 1.54) is 0 Å². The molecule has 0 fully saturated rings. The highest BCUT2D eigenvalue weighted by Crippen LogP contribution is 2.25. The number of carbonyl (C=O) groups is 1. The number of fused-ring (bicyclic) bond motifs is 1. The zero-order chi connectivity index (χ0) is 20.1. The lowest BCUT2D eigenvalue weighted by Gasteiger charge is -2.13. The number of nitriles is 1. The minimum Gasteiger partial charge on any atom is -0.350 e. The molecule has 0 aliphatic carbocycles. The van der Waals surface area contributed by atoms with E-state index in [0.29, 0.717) is 5.56 Å². The molecule has 1 N–H and O–H groups in total. The van der Waals surface area contributed by atoms with E-state index in [1.54, 1.807) is 0 Å². The fraction of sp³-hybridized carbons (Fsp3) is 0.0800. The first-order valence-electron chi connectivity index (χ1n) is 9.44. The number of hydrogen-bond acceptors (Lipinski definition) is 3.